The van der Waals surface area contributed by atoms with E-state index in [2.05, 4.69) is 10.3 Å². The van der Waals surface area contributed by atoms with Crippen molar-refractivity contribution in [1.29, 1.82) is 0 Å². The first-order chi connectivity index (χ1) is 14.5. The highest BCUT2D eigenvalue weighted by atomic mass is 35.5. The number of carbonyl (C=O) groups excluding carboxylic acids is 1. The van der Waals surface area contributed by atoms with Gasteiger partial charge >= 0.3 is 0 Å². The minimum Gasteiger partial charge on any atom is -0.298 e. The van der Waals surface area contributed by atoms with Crippen LogP contribution in [0.2, 0.25) is 5.02 Å². The number of thiazole rings is 1. The second-order valence-electron chi connectivity index (χ2n) is 6.33. The van der Waals surface area contributed by atoms with Crippen molar-refractivity contribution >= 4 is 39.7 Å². The molecule has 0 aliphatic rings. The number of nitro benzene ring substituents is 1. The summed E-state index contributed by atoms with van der Waals surface area (Å²) in [5, 5.41) is 14.8. The molecule has 3 aromatic carbocycles. The maximum atomic E-state index is 12.6. The molecule has 8 heteroatoms. The van der Waals surface area contributed by atoms with Gasteiger partial charge in [-0.3, -0.25) is 20.2 Å². The zero-order valence-electron chi connectivity index (χ0n) is 15.4. The number of nitrogens with one attached hydrogen (secondary N) is 1. The Balaban J connectivity index is 1.71. The Kier molecular flexibility index (Phi) is 5.56. The molecule has 148 valence electrons. The number of hydrogen-bond donors (Lipinski definition) is 1. The van der Waals surface area contributed by atoms with Crippen molar-refractivity contribution in [3.63, 3.8) is 0 Å². The molecule has 0 bridgehead atoms. The van der Waals surface area contributed by atoms with Crippen molar-refractivity contribution in [2.45, 2.75) is 0 Å². The van der Waals surface area contributed by atoms with Crippen molar-refractivity contribution in [2.75, 3.05) is 5.32 Å². The number of carbonyl (C=O) groups is 1. The maximum Gasteiger partial charge on any atom is 0.269 e. The molecule has 30 heavy (non-hydrogen) atoms. The normalized spacial score (nSPS) is 10.6. The number of halogens is 1. The highest BCUT2D eigenvalue weighted by Gasteiger charge is 2.18. The largest absolute Gasteiger partial charge is 0.298 e. The summed E-state index contributed by atoms with van der Waals surface area (Å²) in [6.07, 6.45) is 0. The summed E-state index contributed by atoms with van der Waals surface area (Å²) in [5.41, 5.74) is 2.84. The molecule has 1 aromatic heterocycles. The molecule has 6 nitrogen and oxygen atoms in total. The fourth-order valence-electron chi connectivity index (χ4n) is 2.87. The van der Waals surface area contributed by atoms with E-state index in [1.165, 1.54) is 23.5 Å². The van der Waals surface area contributed by atoms with Crippen LogP contribution in [0.15, 0.2) is 78.9 Å². The predicted octanol–water partition coefficient (Wildman–Crippen LogP) is 6.29. The van der Waals surface area contributed by atoms with E-state index in [1.54, 1.807) is 36.4 Å². The number of hydrogen-bond acceptors (Lipinski definition) is 5. The molecule has 0 aliphatic heterocycles. The van der Waals surface area contributed by atoms with Crippen LogP contribution in [0, 0.1) is 10.1 Å². The minimum atomic E-state index is -0.438. The summed E-state index contributed by atoms with van der Waals surface area (Å²) in [6, 6.07) is 22.4. The molecule has 4 aromatic rings. The number of amides is 1. The van der Waals surface area contributed by atoms with Gasteiger partial charge in [0, 0.05) is 28.3 Å². The van der Waals surface area contributed by atoms with Crippen molar-refractivity contribution < 1.29 is 9.72 Å². The molecule has 1 N–H and O–H groups in total. The molecule has 0 spiro atoms. The van der Waals surface area contributed by atoms with Crippen LogP contribution in [0.5, 0.6) is 0 Å². The molecule has 0 saturated carbocycles. The summed E-state index contributed by atoms with van der Waals surface area (Å²) < 4.78 is 0. The molecule has 4 rings (SSSR count). The minimum absolute atomic E-state index is 0.0146. The van der Waals surface area contributed by atoms with Crippen LogP contribution in [0.1, 0.15) is 10.4 Å². The molecular formula is C22H14ClN3O3S. The molecule has 1 heterocycles. The monoisotopic (exact) mass is 435 g/mol. The van der Waals surface area contributed by atoms with Crippen molar-refractivity contribution in [3.8, 4) is 21.7 Å². The maximum absolute atomic E-state index is 12.6. The number of nitrogens with zero attached hydrogens (tertiary/aromatic N) is 2. The molecule has 0 atom stereocenters. The molecule has 0 aliphatic carbocycles. The van der Waals surface area contributed by atoms with Crippen LogP contribution in [-0.2, 0) is 0 Å². The SMILES string of the molecule is O=C(Nc1nc(-c2ccccc2)c(-c2ccc([N+](=O)[O-])cc2)s1)c1ccc(Cl)cc1. The van der Waals surface area contributed by atoms with Gasteiger partial charge in [-0.15, -0.1) is 0 Å². The van der Waals surface area contributed by atoms with Crippen LogP contribution >= 0.6 is 22.9 Å². The van der Waals surface area contributed by atoms with Crippen LogP contribution in [0.3, 0.4) is 0 Å². The van der Waals surface area contributed by atoms with Crippen LogP contribution in [0.25, 0.3) is 21.7 Å². The van der Waals surface area contributed by atoms with E-state index in [-0.39, 0.29) is 11.6 Å². The number of aromatic nitrogens is 1. The van der Waals surface area contributed by atoms with Crippen LogP contribution in [-0.4, -0.2) is 15.8 Å². The summed E-state index contributed by atoms with van der Waals surface area (Å²) in [5.74, 6) is -0.296. The van der Waals surface area contributed by atoms with E-state index in [4.69, 9.17) is 11.6 Å². The van der Waals surface area contributed by atoms with Gasteiger partial charge in [0.1, 0.15) is 0 Å². The molecule has 0 radical (unpaired) electrons. The fourth-order valence-corrected chi connectivity index (χ4v) is 3.98. The van der Waals surface area contributed by atoms with Gasteiger partial charge in [-0.1, -0.05) is 53.3 Å². The quantitative estimate of drug-likeness (QED) is 0.295. The zero-order valence-corrected chi connectivity index (χ0v) is 17.0. The van der Waals surface area contributed by atoms with E-state index in [0.717, 1.165) is 16.0 Å². The molecular weight excluding hydrogens is 422 g/mol. The number of anilines is 1. The standard InChI is InChI=1S/C22H14ClN3O3S/c23-17-10-6-16(7-11-17)21(27)25-22-24-19(14-4-2-1-3-5-14)20(30-22)15-8-12-18(13-9-15)26(28)29/h1-13H,(H,24,25,27). The van der Waals surface area contributed by atoms with Gasteiger partial charge in [-0.05, 0) is 42.0 Å². The molecule has 0 fully saturated rings. The van der Waals surface area contributed by atoms with E-state index in [9.17, 15) is 14.9 Å². The zero-order chi connectivity index (χ0) is 21.1. The van der Waals surface area contributed by atoms with Crippen LogP contribution < -0.4 is 5.32 Å². The third kappa shape index (κ3) is 4.22. The van der Waals surface area contributed by atoms with E-state index in [1.807, 2.05) is 30.3 Å². The van der Waals surface area contributed by atoms with Crippen LogP contribution in [0.4, 0.5) is 10.8 Å². The van der Waals surface area contributed by atoms with E-state index in [0.29, 0.717) is 21.4 Å². The Labute approximate surface area is 180 Å². The summed E-state index contributed by atoms with van der Waals surface area (Å²) in [4.78, 5) is 28.5. The lowest BCUT2D eigenvalue weighted by molar-refractivity contribution is -0.384. The summed E-state index contributed by atoms with van der Waals surface area (Å²) in [7, 11) is 0. The average Bonchev–Trinajstić information content (AvgIpc) is 3.18. The van der Waals surface area contributed by atoms with Crippen molar-refractivity contribution in [3.05, 3.63) is 99.6 Å². The first kappa shape index (κ1) is 19.8. The average molecular weight is 436 g/mol. The third-order valence-corrected chi connectivity index (χ3v) is 5.61. The van der Waals surface area contributed by atoms with Gasteiger partial charge in [0.15, 0.2) is 5.13 Å². The Morgan fingerprint density at radius 2 is 1.60 bits per heavy atom. The Morgan fingerprint density at radius 3 is 2.23 bits per heavy atom. The van der Waals surface area contributed by atoms with Gasteiger partial charge in [-0.25, -0.2) is 4.98 Å². The van der Waals surface area contributed by atoms with Gasteiger partial charge in [0.05, 0.1) is 15.5 Å². The molecule has 0 unspecified atom stereocenters. The predicted molar refractivity (Wildman–Crippen MR) is 119 cm³/mol. The topological polar surface area (TPSA) is 85.1 Å². The van der Waals surface area contributed by atoms with E-state index < -0.39 is 4.92 Å². The second-order valence-corrected chi connectivity index (χ2v) is 7.76. The van der Waals surface area contributed by atoms with Gasteiger partial charge in [0.2, 0.25) is 0 Å². The molecule has 1 amide bonds. The summed E-state index contributed by atoms with van der Waals surface area (Å²) >= 11 is 7.19. The highest BCUT2D eigenvalue weighted by molar-refractivity contribution is 7.19. The van der Waals surface area contributed by atoms with Gasteiger partial charge in [0.25, 0.3) is 11.6 Å². The second kappa shape index (κ2) is 8.44. The number of rotatable bonds is 5. The smallest absolute Gasteiger partial charge is 0.269 e. The number of nitro groups is 1. The van der Waals surface area contributed by atoms with Crippen molar-refractivity contribution in [2.24, 2.45) is 0 Å². The first-order valence-electron chi connectivity index (χ1n) is 8.89. The fraction of sp³-hybridized carbons (Fsp3) is 0. The summed E-state index contributed by atoms with van der Waals surface area (Å²) in [6.45, 7) is 0. The molecule has 0 saturated heterocycles. The first-order valence-corrected chi connectivity index (χ1v) is 10.1. The lowest BCUT2D eigenvalue weighted by Crippen LogP contribution is -2.11. The number of non-ortho nitro benzene ring substituents is 1. The van der Waals surface area contributed by atoms with Gasteiger partial charge in [-0.2, -0.15) is 0 Å². The van der Waals surface area contributed by atoms with Crippen molar-refractivity contribution in [1.82, 2.24) is 4.98 Å². The Morgan fingerprint density at radius 1 is 0.933 bits per heavy atom. The van der Waals surface area contributed by atoms with Gasteiger partial charge < -0.3 is 0 Å². The third-order valence-electron chi connectivity index (χ3n) is 4.34. The lowest BCUT2D eigenvalue weighted by Gasteiger charge is -2.02. The lowest BCUT2D eigenvalue weighted by atomic mass is 10.1. The Hall–Kier alpha value is -3.55. The highest BCUT2D eigenvalue weighted by Crippen LogP contribution is 2.39. The Bertz CT molecular complexity index is 1210. The van der Waals surface area contributed by atoms with E-state index >= 15 is 0 Å². The number of benzene rings is 3.